The van der Waals surface area contributed by atoms with Crippen molar-refractivity contribution < 1.29 is 5.11 Å². The molecular weight excluding hydrogens is 216 g/mol. The fraction of sp³-hybridized carbons (Fsp3) is 0.308. The van der Waals surface area contributed by atoms with Crippen LogP contribution in [0.5, 0.6) is 0 Å². The van der Waals surface area contributed by atoms with Gasteiger partial charge < -0.3 is 15.4 Å². The summed E-state index contributed by atoms with van der Waals surface area (Å²) in [7, 11) is 0. The Bertz CT molecular complexity index is 589. The molecule has 3 N–H and O–H groups in total. The first-order valence-electron chi connectivity index (χ1n) is 5.68. The smallest absolute Gasteiger partial charge is 0.255 e. The summed E-state index contributed by atoms with van der Waals surface area (Å²) >= 11 is 0. The van der Waals surface area contributed by atoms with Crippen LogP contribution in [0.2, 0.25) is 0 Å². The third kappa shape index (κ3) is 1.97. The molecule has 2 aromatic rings. The van der Waals surface area contributed by atoms with Gasteiger partial charge in [0.15, 0.2) is 0 Å². The molecule has 4 nitrogen and oxygen atoms in total. The van der Waals surface area contributed by atoms with Crippen LogP contribution in [-0.4, -0.2) is 16.3 Å². The fourth-order valence-electron chi connectivity index (χ4n) is 2.03. The number of nitrogens with zero attached hydrogens (tertiary/aromatic N) is 1. The van der Waals surface area contributed by atoms with Crippen LogP contribution in [0, 0.1) is 0 Å². The fourth-order valence-corrected chi connectivity index (χ4v) is 2.03. The van der Waals surface area contributed by atoms with E-state index in [2.05, 4.69) is 0 Å². The molecule has 4 heteroatoms. The number of pyridine rings is 1. The van der Waals surface area contributed by atoms with Crippen molar-refractivity contribution in [3.8, 4) is 0 Å². The maximum atomic E-state index is 12.2. The molecule has 1 atom stereocenters. The van der Waals surface area contributed by atoms with Crippen LogP contribution in [0.25, 0.3) is 10.9 Å². The van der Waals surface area contributed by atoms with E-state index < -0.39 is 6.04 Å². The van der Waals surface area contributed by atoms with Gasteiger partial charge in [0.25, 0.3) is 5.56 Å². The summed E-state index contributed by atoms with van der Waals surface area (Å²) in [4.78, 5) is 12.2. The minimum atomic E-state index is -0.620. The van der Waals surface area contributed by atoms with Gasteiger partial charge in [0, 0.05) is 12.1 Å². The van der Waals surface area contributed by atoms with E-state index in [4.69, 9.17) is 10.8 Å². The van der Waals surface area contributed by atoms with Crippen LogP contribution in [-0.2, 0) is 6.54 Å². The van der Waals surface area contributed by atoms with E-state index in [0.717, 1.165) is 10.9 Å². The minimum Gasteiger partial charge on any atom is -0.394 e. The molecule has 0 radical (unpaired) electrons. The van der Waals surface area contributed by atoms with Crippen molar-refractivity contribution in [2.45, 2.75) is 19.5 Å². The number of benzene rings is 1. The largest absolute Gasteiger partial charge is 0.394 e. The highest BCUT2D eigenvalue weighted by Crippen LogP contribution is 2.16. The first-order valence-corrected chi connectivity index (χ1v) is 5.68. The molecule has 0 aliphatic carbocycles. The molecule has 0 aliphatic heterocycles. The van der Waals surface area contributed by atoms with Crippen molar-refractivity contribution in [1.29, 1.82) is 0 Å². The zero-order valence-electron chi connectivity index (χ0n) is 9.76. The summed E-state index contributed by atoms with van der Waals surface area (Å²) < 4.78 is 1.68. The molecular formula is C13H16N2O2. The second-order valence-corrected chi connectivity index (χ2v) is 4.00. The first-order chi connectivity index (χ1) is 8.19. The van der Waals surface area contributed by atoms with Gasteiger partial charge in [-0.1, -0.05) is 18.2 Å². The van der Waals surface area contributed by atoms with Crippen LogP contribution in [0.1, 0.15) is 18.5 Å². The van der Waals surface area contributed by atoms with Gasteiger partial charge in [-0.2, -0.15) is 0 Å². The molecule has 2 rings (SSSR count). The van der Waals surface area contributed by atoms with Gasteiger partial charge in [0.2, 0.25) is 0 Å². The Morgan fingerprint density at radius 2 is 2.12 bits per heavy atom. The first kappa shape index (κ1) is 11.8. The normalized spacial score (nSPS) is 12.9. The summed E-state index contributed by atoms with van der Waals surface area (Å²) in [6.07, 6.45) is 0. The third-order valence-corrected chi connectivity index (χ3v) is 2.94. The SMILES string of the molecule is CCn1c(=O)c(C(N)CO)cc2ccccc21. The molecule has 0 saturated carbocycles. The molecule has 0 spiro atoms. The predicted octanol–water partition coefficient (Wildman–Crippen LogP) is 1.01. The van der Waals surface area contributed by atoms with Gasteiger partial charge in [-0.15, -0.1) is 0 Å². The van der Waals surface area contributed by atoms with Gasteiger partial charge in [0.05, 0.1) is 18.2 Å². The average Bonchev–Trinajstić information content (AvgIpc) is 2.37. The van der Waals surface area contributed by atoms with Gasteiger partial charge in [-0.3, -0.25) is 4.79 Å². The number of para-hydroxylation sites is 1. The Labute approximate surface area is 99.3 Å². The van der Waals surface area contributed by atoms with E-state index in [0.29, 0.717) is 12.1 Å². The van der Waals surface area contributed by atoms with Crippen LogP contribution in [0.3, 0.4) is 0 Å². The summed E-state index contributed by atoms with van der Waals surface area (Å²) in [6, 6.07) is 8.82. The monoisotopic (exact) mass is 232 g/mol. The molecule has 1 aromatic carbocycles. The highest BCUT2D eigenvalue weighted by molar-refractivity contribution is 5.79. The second kappa shape index (κ2) is 4.69. The predicted molar refractivity (Wildman–Crippen MR) is 67.9 cm³/mol. The summed E-state index contributed by atoms with van der Waals surface area (Å²) in [5.41, 5.74) is 6.99. The number of fused-ring (bicyclic) bond motifs is 1. The molecule has 17 heavy (non-hydrogen) atoms. The number of aliphatic hydroxyl groups excluding tert-OH is 1. The Hall–Kier alpha value is -1.65. The highest BCUT2D eigenvalue weighted by atomic mass is 16.3. The Kier molecular flexibility index (Phi) is 3.26. The molecule has 1 aromatic heterocycles. The second-order valence-electron chi connectivity index (χ2n) is 4.00. The number of aryl methyl sites for hydroxylation is 1. The number of aromatic nitrogens is 1. The molecule has 0 aliphatic rings. The zero-order valence-corrected chi connectivity index (χ0v) is 9.76. The molecule has 0 fully saturated rings. The van der Waals surface area contributed by atoms with Crippen molar-refractivity contribution in [2.75, 3.05) is 6.61 Å². The Morgan fingerprint density at radius 3 is 2.76 bits per heavy atom. The van der Waals surface area contributed by atoms with Gasteiger partial charge in [0.1, 0.15) is 0 Å². The molecule has 0 amide bonds. The lowest BCUT2D eigenvalue weighted by molar-refractivity contribution is 0.267. The minimum absolute atomic E-state index is 0.118. The van der Waals surface area contributed by atoms with E-state index in [1.165, 1.54) is 0 Å². The molecule has 1 unspecified atom stereocenters. The lowest BCUT2D eigenvalue weighted by atomic mass is 10.1. The van der Waals surface area contributed by atoms with Crippen molar-refractivity contribution in [1.82, 2.24) is 4.57 Å². The van der Waals surface area contributed by atoms with Crippen LogP contribution in [0.4, 0.5) is 0 Å². The number of hydrogen-bond acceptors (Lipinski definition) is 3. The van der Waals surface area contributed by atoms with Gasteiger partial charge in [-0.05, 0) is 24.4 Å². The summed E-state index contributed by atoms with van der Waals surface area (Å²) in [6.45, 7) is 2.28. The zero-order chi connectivity index (χ0) is 12.4. The maximum Gasteiger partial charge on any atom is 0.255 e. The molecule has 1 heterocycles. The molecule has 0 bridgehead atoms. The number of nitrogens with two attached hydrogens (primary N) is 1. The average molecular weight is 232 g/mol. The van der Waals surface area contributed by atoms with Crippen molar-refractivity contribution in [2.24, 2.45) is 5.73 Å². The number of rotatable bonds is 3. The van der Waals surface area contributed by atoms with Crippen molar-refractivity contribution >= 4 is 10.9 Å². The van der Waals surface area contributed by atoms with Crippen LogP contribution < -0.4 is 11.3 Å². The van der Waals surface area contributed by atoms with Crippen molar-refractivity contribution in [3.63, 3.8) is 0 Å². The lowest BCUT2D eigenvalue weighted by Crippen LogP contribution is -2.29. The summed E-state index contributed by atoms with van der Waals surface area (Å²) in [5.74, 6) is 0. The molecule has 90 valence electrons. The molecule has 0 saturated heterocycles. The topological polar surface area (TPSA) is 68.2 Å². The van der Waals surface area contributed by atoms with E-state index >= 15 is 0 Å². The van der Waals surface area contributed by atoms with E-state index in [-0.39, 0.29) is 12.2 Å². The Balaban J connectivity index is 2.80. The third-order valence-electron chi connectivity index (χ3n) is 2.94. The van der Waals surface area contributed by atoms with E-state index in [1.54, 1.807) is 10.6 Å². The van der Waals surface area contributed by atoms with Crippen molar-refractivity contribution in [3.05, 3.63) is 46.2 Å². The van der Waals surface area contributed by atoms with E-state index in [9.17, 15) is 4.79 Å². The van der Waals surface area contributed by atoms with Gasteiger partial charge in [-0.25, -0.2) is 0 Å². The van der Waals surface area contributed by atoms with Crippen LogP contribution in [0.15, 0.2) is 35.1 Å². The van der Waals surface area contributed by atoms with E-state index in [1.807, 2.05) is 31.2 Å². The maximum absolute atomic E-state index is 12.2. The standard InChI is InChI=1S/C13H16N2O2/c1-2-15-12-6-4-3-5-9(12)7-10(13(15)17)11(14)8-16/h3-7,11,16H,2,8,14H2,1H3. The lowest BCUT2D eigenvalue weighted by Gasteiger charge is -2.14. The number of aliphatic hydroxyl groups is 1. The Morgan fingerprint density at radius 1 is 1.41 bits per heavy atom. The van der Waals surface area contributed by atoms with Gasteiger partial charge >= 0.3 is 0 Å². The highest BCUT2D eigenvalue weighted by Gasteiger charge is 2.13. The quantitative estimate of drug-likeness (QED) is 0.830. The summed E-state index contributed by atoms with van der Waals surface area (Å²) in [5, 5.41) is 10.0. The van der Waals surface area contributed by atoms with Crippen LogP contribution >= 0.6 is 0 Å². The number of hydrogen-bond donors (Lipinski definition) is 2.